The minimum absolute atomic E-state index is 0.0185. The molecule has 3 amide bonds. The van der Waals surface area contributed by atoms with Gasteiger partial charge < -0.3 is 11.1 Å². The van der Waals surface area contributed by atoms with Gasteiger partial charge in [-0.1, -0.05) is 30.3 Å². The monoisotopic (exact) mass is 393 g/mol. The van der Waals surface area contributed by atoms with E-state index in [2.05, 4.69) is 53.6 Å². The Labute approximate surface area is 170 Å². The zero-order chi connectivity index (χ0) is 20.6. The van der Waals surface area contributed by atoms with Gasteiger partial charge in [0.05, 0.1) is 24.0 Å². The summed E-state index contributed by atoms with van der Waals surface area (Å²) in [5.41, 5.74) is 7.19. The molecule has 1 aliphatic heterocycles. The molecule has 2 aromatic rings. The maximum atomic E-state index is 12.7. The van der Waals surface area contributed by atoms with Gasteiger partial charge in [0.1, 0.15) is 5.69 Å². The maximum absolute atomic E-state index is 12.7. The topological polar surface area (TPSA) is 91.6 Å². The Morgan fingerprint density at radius 1 is 1.10 bits per heavy atom. The highest BCUT2D eigenvalue weighted by Crippen LogP contribution is 2.46. The molecule has 1 spiro atoms. The lowest BCUT2D eigenvalue weighted by molar-refractivity contribution is 0.0658. The number of hydrogen-bond donors (Lipinski definition) is 2. The van der Waals surface area contributed by atoms with Crippen molar-refractivity contribution in [3.8, 4) is 0 Å². The van der Waals surface area contributed by atoms with Crippen LogP contribution in [-0.2, 0) is 5.54 Å². The summed E-state index contributed by atoms with van der Waals surface area (Å²) in [7, 11) is 4.27. The number of pyridine rings is 1. The molecule has 4 rings (SSSR count). The maximum Gasteiger partial charge on any atom is 0.322 e. The lowest BCUT2D eigenvalue weighted by atomic mass is 9.69. The van der Waals surface area contributed by atoms with Gasteiger partial charge >= 0.3 is 6.03 Å². The zero-order valence-corrected chi connectivity index (χ0v) is 16.9. The standard InChI is InChI=1S/C22H27N5O2/c1-26(2)22(16-6-4-3-5-7-16)12-10-21(11-13-22)15-27(20(29)25-21)17-8-9-18(19(23)28)24-14-17/h3-9,14H,10-13,15H2,1-2H3,(H2,23,28)(H,25,29)/t21-,22+. The van der Waals surface area contributed by atoms with Crippen LogP contribution >= 0.6 is 0 Å². The third-order valence-corrected chi connectivity index (χ3v) is 6.59. The number of benzene rings is 1. The SMILES string of the molecule is CN(C)[C@]1(c2ccccc2)CC[C@]2(CC1)CN(c1ccc(C(N)=O)nc1)C(=O)N2. The summed E-state index contributed by atoms with van der Waals surface area (Å²) >= 11 is 0. The Kier molecular flexibility index (Phi) is 4.78. The molecule has 29 heavy (non-hydrogen) atoms. The van der Waals surface area contributed by atoms with E-state index in [0.29, 0.717) is 12.2 Å². The number of nitrogens with zero attached hydrogens (tertiary/aromatic N) is 3. The number of aromatic nitrogens is 1. The summed E-state index contributed by atoms with van der Waals surface area (Å²) in [5, 5.41) is 3.23. The fourth-order valence-corrected chi connectivity index (χ4v) is 4.78. The summed E-state index contributed by atoms with van der Waals surface area (Å²) < 4.78 is 0. The van der Waals surface area contributed by atoms with Crippen LogP contribution in [-0.4, -0.2) is 48.0 Å². The molecule has 1 saturated carbocycles. The number of carbonyl (C=O) groups excluding carboxylic acids is 2. The van der Waals surface area contributed by atoms with E-state index in [1.165, 1.54) is 11.8 Å². The highest BCUT2D eigenvalue weighted by atomic mass is 16.2. The summed E-state index contributed by atoms with van der Waals surface area (Å²) in [4.78, 5) is 32.1. The van der Waals surface area contributed by atoms with E-state index in [0.717, 1.165) is 25.7 Å². The molecule has 0 bridgehead atoms. The van der Waals surface area contributed by atoms with Gasteiger partial charge in [-0.3, -0.25) is 14.6 Å². The normalized spacial score (nSPS) is 26.7. The lowest BCUT2D eigenvalue weighted by Gasteiger charge is -2.48. The molecule has 1 aliphatic carbocycles. The number of amides is 3. The first-order valence-electron chi connectivity index (χ1n) is 9.94. The van der Waals surface area contributed by atoms with Crippen molar-refractivity contribution in [2.24, 2.45) is 5.73 Å². The molecular weight excluding hydrogens is 366 g/mol. The molecular formula is C22H27N5O2. The first-order chi connectivity index (χ1) is 13.9. The van der Waals surface area contributed by atoms with Crippen LogP contribution in [0.5, 0.6) is 0 Å². The molecule has 1 aromatic heterocycles. The van der Waals surface area contributed by atoms with Gasteiger partial charge in [0.25, 0.3) is 5.91 Å². The molecule has 2 aliphatic rings. The van der Waals surface area contributed by atoms with E-state index in [1.54, 1.807) is 17.0 Å². The summed E-state index contributed by atoms with van der Waals surface area (Å²) in [6.07, 6.45) is 5.27. The fraction of sp³-hybridized carbons (Fsp3) is 0.409. The number of primary amides is 1. The fourth-order valence-electron chi connectivity index (χ4n) is 4.78. The number of carbonyl (C=O) groups is 2. The average Bonchev–Trinajstić information content (AvgIpc) is 3.05. The van der Waals surface area contributed by atoms with Crippen LogP contribution in [0.2, 0.25) is 0 Å². The molecule has 0 atom stereocenters. The molecule has 2 fully saturated rings. The second kappa shape index (κ2) is 7.15. The number of nitrogens with one attached hydrogen (secondary N) is 1. The zero-order valence-electron chi connectivity index (χ0n) is 16.9. The molecule has 152 valence electrons. The van der Waals surface area contributed by atoms with Crippen LogP contribution in [0.4, 0.5) is 10.5 Å². The van der Waals surface area contributed by atoms with Gasteiger partial charge in [0.15, 0.2) is 0 Å². The predicted octanol–water partition coefficient (Wildman–Crippen LogP) is 2.48. The Morgan fingerprint density at radius 3 is 2.34 bits per heavy atom. The minimum atomic E-state index is -0.577. The van der Waals surface area contributed by atoms with Gasteiger partial charge in [-0.15, -0.1) is 0 Å². The minimum Gasteiger partial charge on any atom is -0.364 e. The van der Waals surface area contributed by atoms with E-state index < -0.39 is 5.91 Å². The summed E-state index contributed by atoms with van der Waals surface area (Å²) in [5.74, 6) is -0.577. The van der Waals surface area contributed by atoms with Crippen molar-refractivity contribution in [2.45, 2.75) is 36.8 Å². The van der Waals surface area contributed by atoms with Crippen molar-refractivity contribution in [3.05, 3.63) is 59.9 Å². The van der Waals surface area contributed by atoms with Gasteiger partial charge in [-0.05, 0) is 57.5 Å². The Bertz CT molecular complexity index is 903. The smallest absolute Gasteiger partial charge is 0.322 e. The van der Waals surface area contributed by atoms with Crippen molar-refractivity contribution in [3.63, 3.8) is 0 Å². The largest absolute Gasteiger partial charge is 0.364 e. The van der Waals surface area contributed by atoms with Gasteiger partial charge in [0, 0.05) is 5.54 Å². The van der Waals surface area contributed by atoms with E-state index in [-0.39, 0.29) is 22.8 Å². The Balaban J connectivity index is 1.53. The highest BCUT2D eigenvalue weighted by molar-refractivity contribution is 5.96. The molecule has 2 heterocycles. The molecule has 0 radical (unpaired) electrons. The predicted molar refractivity (Wildman–Crippen MR) is 112 cm³/mol. The van der Waals surface area contributed by atoms with Crippen LogP contribution in [0.25, 0.3) is 0 Å². The van der Waals surface area contributed by atoms with Crippen molar-refractivity contribution in [2.75, 3.05) is 25.5 Å². The first kappa shape index (κ1) is 19.4. The van der Waals surface area contributed by atoms with E-state index >= 15 is 0 Å². The molecule has 1 aromatic carbocycles. The molecule has 3 N–H and O–H groups in total. The number of nitrogens with two attached hydrogens (primary N) is 1. The average molecular weight is 393 g/mol. The Hall–Kier alpha value is -2.93. The highest BCUT2D eigenvalue weighted by Gasteiger charge is 2.50. The third kappa shape index (κ3) is 3.35. The molecule has 7 heteroatoms. The van der Waals surface area contributed by atoms with Crippen LogP contribution < -0.4 is 16.0 Å². The first-order valence-corrected chi connectivity index (χ1v) is 9.94. The number of urea groups is 1. The molecule has 0 unspecified atom stereocenters. The summed E-state index contributed by atoms with van der Waals surface area (Å²) in [6.45, 7) is 0.599. The van der Waals surface area contributed by atoms with Crippen LogP contribution in [0.15, 0.2) is 48.7 Å². The van der Waals surface area contributed by atoms with Crippen molar-refractivity contribution in [1.82, 2.24) is 15.2 Å². The van der Waals surface area contributed by atoms with Gasteiger partial charge in [0.2, 0.25) is 0 Å². The number of anilines is 1. The molecule has 7 nitrogen and oxygen atoms in total. The second-order valence-corrected chi connectivity index (χ2v) is 8.35. The van der Waals surface area contributed by atoms with Gasteiger partial charge in [-0.25, -0.2) is 9.78 Å². The van der Waals surface area contributed by atoms with E-state index in [1.807, 2.05) is 6.07 Å². The Morgan fingerprint density at radius 2 is 1.79 bits per heavy atom. The van der Waals surface area contributed by atoms with E-state index in [4.69, 9.17) is 5.73 Å². The summed E-state index contributed by atoms with van der Waals surface area (Å²) in [6, 6.07) is 13.8. The third-order valence-electron chi connectivity index (χ3n) is 6.59. The molecule has 1 saturated heterocycles. The van der Waals surface area contributed by atoms with E-state index in [9.17, 15) is 9.59 Å². The van der Waals surface area contributed by atoms with Gasteiger partial charge in [-0.2, -0.15) is 0 Å². The van der Waals surface area contributed by atoms with Crippen LogP contribution in [0, 0.1) is 0 Å². The van der Waals surface area contributed by atoms with Crippen molar-refractivity contribution in [1.29, 1.82) is 0 Å². The van der Waals surface area contributed by atoms with Crippen molar-refractivity contribution >= 4 is 17.6 Å². The second-order valence-electron chi connectivity index (χ2n) is 8.35. The lowest BCUT2D eigenvalue weighted by Crippen LogP contribution is -2.54. The quantitative estimate of drug-likeness (QED) is 0.835. The number of hydrogen-bond acceptors (Lipinski definition) is 4. The van der Waals surface area contributed by atoms with Crippen LogP contribution in [0.1, 0.15) is 41.7 Å². The van der Waals surface area contributed by atoms with Crippen LogP contribution in [0.3, 0.4) is 0 Å². The van der Waals surface area contributed by atoms with Crippen molar-refractivity contribution < 1.29 is 9.59 Å². The number of rotatable bonds is 4.